The van der Waals surface area contributed by atoms with Crippen LogP contribution in [-0.4, -0.2) is 55.1 Å². The predicted octanol–water partition coefficient (Wildman–Crippen LogP) is 6.17. The first-order chi connectivity index (χ1) is 20.4. The van der Waals surface area contributed by atoms with Crippen molar-refractivity contribution in [3.8, 4) is 0 Å². The number of hydrogen-bond acceptors (Lipinski definition) is 5. The first-order valence-electron chi connectivity index (χ1n) is 13.9. The van der Waals surface area contributed by atoms with Gasteiger partial charge in [0.05, 0.1) is 48.2 Å². The van der Waals surface area contributed by atoms with Crippen molar-refractivity contribution in [2.45, 2.75) is 89.3 Å². The predicted molar refractivity (Wildman–Crippen MR) is 140 cm³/mol. The van der Waals surface area contributed by atoms with Crippen LogP contribution in [0.4, 0.5) is 35.1 Å². The Hall–Kier alpha value is -3.79. The summed E-state index contributed by atoms with van der Waals surface area (Å²) in [6, 6.07) is 3.23. The maximum absolute atomic E-state index is 14.0. The molecule has 9 nitrogen and oxygen atoms in total. The molecule has 0 unspecified atom stereocenters. The maximum Gasteiger partial charge on any atom is 0.393 e. The lowest BCUT2D eigenvalue weighted by atomic mass is 9.81. The van der Waals surface area contributed by atoms with Crippen molar-refractivity contribution in [1.29, 1.82) is 0 Å². The van der Waals surface area contributed by atoms with Crippen molar-refractivity contribution in [2.24, 2.45) is 11.8 Å². The fourth-order valence-corrected chi connectivity index (χ4v) is 5.07. The molecule has 4 rings (SSSR count). The summed E-state index contributed by atoms with van der Waals surface area (Å²) in [4.78, 5) is 32.9. The van der Waals surface area contributed by atoms with E-state index in [0.29, 0.717) is 16.6 Å². The summed E-state index contributed by atoms with van der Waals surface area (Å²) >= 11 is 0. The first-order valence-corrected chi connectivity index (χ1v) is 13.9. The molecule has 2 aromatic heterocycles. The fraction of sp³-hybridized carbons (Fsp3) is 0.593. The Balaban J connectivity index is 1.57. The topological polar surface area (TPSA) is 118 Å². The minimum Gasteiger partial charge on any atom is -0.350 e. The van der Waals surface area contributed by atoms with Gasteiger partial charge in [-0.05, 0) is 43.4 Å². The van der Waals surface area contributed by atoms with Crippen LogP contribution in [0, 0.1) is 11.8 Å². The molecule has 0 aliphatic heterocycles. The van der Waals surface area contributed by atoms with E-state index >= 15 is 0 Å². The number of rotatable bonds is 10. The minimum atomic E-state index is -4.54. The van der Waals surface area contributed by atoms with Gasteiger partial charge < -0.3 is 15.6 Å². The number of nitrogens with zero attached hydrogens (tertiary/aromatic N) is 4. The molecule has 44 heavy (non-hydrogen) atoms. The zero-order chi connectivity index (χ0) is 32.4. The Morgan fingerprint density at radius 1 is 1.09 bits per heavy atom. The van der Waals surface area contributed by atoms with Gasteiger partial charge in [-0.1, -0.05) is 18.2 Å². The van der Waals surface area contributed by atoms with Gasteiger partial charge in [0.15, 0.2) is 0 Å². The molecule has 242 valence electrons. The van der Waals surface area contributed by atoms with Gasteiger partial charge in [-0.15, -0.1) is 5.10 Å². The molecule has 1 fully saturated rings. The zero-order valence-electron chi connectivity index (χ0n) is 23.7. The van der Waals surface area contributed by atoms with Crippen LogP contribution >= 0.6 is 0 Å². The number of hydrogen-bond donors (Lipinski definition) is 3. The van der Waals surface area contributed by atoms with Crippen LogP contribution in [0.3, 0.4) is 0 Å². The van der Waals surface area contributed by atoms with Crippen LogP contribution in [0.5, 0.6) is 0 Å². The van der Waals surface area contributed by atoms with Gasteiger partial charge in [0.2, 0.25) is 11.8 Å². The lowest BCUT2D eigenvalue weighted by Crippen LogP contribution is -2.38. The average Bonchev–Trinajstić information content (AvgIpc) is 3.56. The number of H-pyrrole nitrogens is 1. The summed E-state index contributed by atoms with van der Waals surface area (Å²) in [5.41, 5.74) is 1.16. The van der Waals surface area contributed by atoms with Crippen molar-refractivity contribution >= 4 is 22.8 Å². The number of halogens is 8. The number of imidazole rings is 1. The second-order valence-electron chi connectivity index (χ2n) is 11.2. The Kier molecular flexibility index (Phi) is 9.54. The van der Waals surface area contributed by atoms with Gasteiger partial charge in [-0.3, -0.25) is 9.59 Å². The SMILES string of the molecule is C[C@@H](NC(=O)CCC(F)(F)F)c1ccc2nc([C@@H](NC(=O)c3cnnn3C[C@H](C)C(F)(F)F)C3CCC(F)(F)CC3)[nH]c2c1. The van der Waals surface area contributed by atoms with E-state index in [-0.39, 0.29) is 24.4 Å². The number of aromatic nitrogens is 5. The third-order valence-electron chi connectivity index (χ3n) is 7.71. The second kappa shape index (κ2) is 12.7. The molecule has 0 saturated heterocycles. The molecule has 3 aromatic rings. The summed E-state index contributed by atoms with van der Waals surface area (Å²) in [7, 11) is 0. The minimum absolute atomic E-state index is 0.0316. The van der Waals surface area contributed by atoms with Crippen LogP contribution < -0.4 is 10.6 Å². The van der Waals surface area contributed by atoms with Crippen molar-refractivity contribution in [2.75, 3.05) is 0 Å². The monoisotopic (exact) mass is 637 g/mol. The summed E-state index contributed by atoms with van der Waals surface area (Å²) in [6.45, 7) is 1.86. The van der Waals surface area contributed by atoms with Crippen LogP contribution in [0.15, 0.2) is 24.4 Å². The highest BCUT2D eigenvalue weighted by Crippen LogP contribution is 2.41. The average molecular weight is 638 g/mol. The highest BCUT2D eigenvalue weighted by molar-refractivity contribution is 5.92. The number of benzene rings is 1. The van der Waals surface area contributed by atoms with Crippen molar-refractivity contribution in [3.63, 3.8) is 0 Å². The summed E-state index contributed by atoms with van der Waals surface area (Å²) in [6.07, 6.45) is -10.8. The number of carbonyl (C=O) groups is 2. The van der Waals surface area contributed by atoms with E-state index in [2.05, 4.69) is 30.9 Å². The number of carbonyl (C=O) groups excluding carboxylic acids is 2. The van der Waals surface area contributed by atoms with Crippen LogP contribution in [-0.2, 0) is 11.3 Å². The molecule has 2 heterocycles. The highest BCUT2D eigenvalue weighted by Gasteiger charge is 2.40. The maximum atomic E-state index is 14.0. The third-order valence-corrected chi connectivity index (χ3v) is 7.71. The second-order valence-corrected chi connectivity index (χ2v) is 11.2. The summed E-state index contributed by atoms with van der Waals surface area (Å²) < 4.78 is 106. The van der Waals surface area contributed by atoms with E-state index in [9.17, 15) is 44.7 Å². The molecule has 17 heteroatoms. The summed E-state index contributed by atoms with van der Waals surface area (Å²) in [5.74, 6) is -6.58. The third kappa shape index (κ3) is 8.43. The van der Waals surface area contributed by atoms with E-state index in [4.69, 9.17) is 0 Å². The Bertz CT molecular complexity index is 1460. The number of aromatic amines is 1. The van der Waals surface area contributed by atoms with Gasteiger partial charge in [0.25, 0.3) is 5.91 Å². The van der Waals surface area contributed by atoms with Crippen molar-refractivity contribution < 1.29 is 44.7 Å². The normalized spacial score (nSPS) is 18.1. The lowest BCUT2D eigenvalue weighted by molar-refractivity contribution is -0.173. The van der Waals surface area contributed by atoms with Crippen LogP contribution in [0.1, 0.15) is 86.3 Å². The van der Waals surface area contributed by atoms with Crippen LogP contribution in [0.2, 0.25) is 0 Å². The molecule has 3 atom stereocenters. The largest absolute Gasteiger partial charge is 0.393 e. The number of amides is 2. The van der Waals surface area contributed by atoms with Gasteiger partial charge in [0, 0.05) is 19.3 Å². The molecule has 1 aliphatic carbocycles. The lowest BCUT2D eigenvalue weighted by Gasteiger charge is -2.33. The van der Waals surface area contributed by atoms with Gasteiger partial charge in [0.1, 0.15) is 11.5 Å². The quantitative estimate of drug-likeness (QED) is 0.230. The van der Waals surface area contributed by atoms with Gasteiger partial charge in [-0.25, -0.2) is 18.4 Å². The summed E-state index contributed by atoms with van der Waals surface area (Å²) in [5, 5.41) is 12.4. The molecule has 1 aromatic carbocycles. The van der Waals surface area contributed by atoms with Gasteiger partial charge in [-0.2, -0.15) is 26.3 Å². The van der Waals surface area contributed by atoms with E-state index in [1.807, 2.05) is 0 Å². The first kappa shape index (κ1) is 33.1. The Morgan fingerprint density at radius 3 is 2.41 bits per heavy atom. The van der Waals surface area contributed by atoms with Crippen molar-refractivity contribution in [1.82, 2.24) is 35.6 Å². The smallest absolute Gasteiger partial charge is 0.350 e. The number of nitrogens with one attached hydrogen (secondary N) is 3. The van der Waals surface area contributed by atoms with E-state index in [0.717, 1.165) is 17.8 Å². The number of fused-ring (bicyclic) bond motifs is 1. The standard InChI is InChI=1S/C27H31F8N7O2/c1-14(27(33,34)35)13-42-20(12-36-41-42)24(44)40-22(16-5-8-25(28,29)9-6-16)23-38-18-4-3-17(11-19(18)39-23)15(2)37-21(43)7-10-26(30,31)32/h3-4,11-12,14-16,22H,5-10,13H2,1-2H3,(H,37,43)(H,38,39)(H,40,44)/t14-,15+,22-/m0/s1. The van der Waals surface area contributed by atoms with Crippen molar-refractivity contribution in [3.05, 3.63) is 41.5 Å². The Morgan fingerprint density at radius 2 is 1.77 bits per heavy atom. The van der Waals surface area contributed by atoms with E-state index in [1.54, 1.807) is 25.1 Å². The molecule has 1 saturated carbocycles. The van der Waals surface area contributed by atoms with Crippen LogP contribution in [0.25, 0.3) is 11.0 Å². The Labute approximate surface area is 246 Å². The molecule has 0 radical (unpaired) electrons. The molecule has 0 bridgehead atoms. The number of alkyl halides is 8. The molecular formula is C27H31F8N7O2. The fourth-order valence-electron chi connectivity index (χ4n) is 5.07. The molecule has 0 spiro atoms. The highest BCUT2D eigenvalue weighted by atomic mass is 19.4. The van der Waals surface area contributed by atoms with E-state index in [1.165, 1.54) is 0 Å². The molecular weight excluding hydrogens is 606 g/mol. The zero-order valence-corrected chi connectivity index (χ0v) is 23.7. The molecule has 1 aliphatic rings. The van der Waals surface area contributed by atoms with Gasteiger partial charge >= 0.3 is 12.4 Å². The van der Waals surface area contributed by atoms with E-state index < -0.39 is 86.2 Å². The molecule has 2 amide bonds. The molecule has 3 N–H and O–H groups in total.